The Morgan fingerprint density at radius 2 is 2.07 bits per heavy atom. The first-order valence-corrected chi connectivity index (χ1v) is 12.4. The van der Waals surface area contributed by atoms with Crippen LogP contribution in [0.1, 0.15) is 55.1 Å². The van der Waals surface area contributed by atoms with Gasteiger partial charge in [0, 0.05) is 52.6 Å². The Bertz CT molecular complexity index is 956. The molecule has 1 N–H and O–H groups in total. The lowest BCUT2D eigenvalue weighted by atomic mass is 9.91. The molecule has 1 fully saturated rings. The van der Waals surface area contributed by atoms with Crippen molar-refractivity contribution in [2.75, 3.05) is 40.3 Å². The summed E-state index contributed by atoms with van der Waals surface area (Å²) in [4.78, 5) is 23.1. The van der Waals surface area contributed by atoms with Gasteiger partial charge in [0.2, 0.25) is 0 Å². The number of likely N-dealkylation sites (tertiary alicyclic amines) is 1. The van der Waals surface area contributed by atoms with Crippen LogP contribution in [-0.2, 0) is 23.2 Å². The van der Waals surface area contributed by atoms with E-state index in [0.717, 1.165) is 49.9 Å². The van der Waals surface area contributed by atoms with Gasteiger partial charge in [-0.3, -0.25) is 4.79 Å². The van der Waals surface area contributed by atoms with Gasteiger partial charge in [-0.2, -0.15) is 17.0 Å². The van der Waals surface area contributed by atoms with Gasteiger partial charge in [-0.15, -0.1) is 0 Å². The van der Waals surface area contributed by atoms with Gasteiger partial charge in [-0.25, -0.2) is 4.98 Å². The van der Waals surface area contributed by atoms with Gasteiger partial charge >= 0.3 is 0 Å². The fourth-order valence-electron chi connectivity index (χ4n) is 4.87. The molecule has 0 saturated carbocycles. The first-order chi connectivity index (χ1) is 14.3. The number of nitrogens with one attached hydrogen (secondary N) is 1. The van der Waals surface area contributed by atoms with E-state index in [2.05, 4.69) is 22.0 Å². The Balaban J connectivity index is 1.48. The number of nitrogens with zero attached hydrogens (tertiary/aromatic N) is 4. The molecule has 8 nitrogen and oxygen atoms in total. The molecule has 0 aromatic carbocycles. The third kappa shape index (κ3) is 4.54. The fourth-order valence-corrected chi connectivity index (χ4v) is 5.95. The van der Waals surface area contributed by atoms with Crippen LogP contribution in [0.3, 0.4) is 0 Å². The predicted octanol–water partition coefficient (Wildman–Crippen LogP) is 1.47. The quantitative estimate of drug-likeness (QED) is 0.708. The van der Waals surface area contributed by atoms with Crippen molar-refractivity contribution in [3.63, 3.8) is 0 Å². The summed E-state index contributed by atoms with van der Waals surface area (Å²) in [5, 5.41) is 0. The molecule has 0 amide bonds. The molecule has 0 bridgehead atoms. The fraction of sp³-hybridized carbons (Fsp3) is 0.714. The number of aromatic amines is 1. The molecule has 1 aromatic heterocycles. The summed E-state index contributed by atoms with van der Waals surface area (Å²) in [5.41, 5.74) is 1.05. The lowest BCUT2D eigenvalue weighted by Gasteiger charge is -2.35. The normalized spacial score (nSPS) is 26.1. The van der Waals surface area contributed by atoms with E-state index >= 15 is 0 Å². The Labute approximate surface area is 179 Å². The van der Waals surface area contributed by atoms with Crippen LogP contribution in [0, 0.1) is 5.92 Å². The maximum atomic E-state index is 12.8. The van der Waals surface area contributed by atoms with Crippen molar-refractivity contribution < 1.29 is 8.42 Å². The van der Waals surface area contributed by atoms with Gasteiger partial charge in [0.1, 0.15) is 5.82 Å². The van der Waals surface area contributed by atoms with Crippen molar-refractivity contribution in [1.82, 2.24) is 23.5 Å². The predicted molar refractivity (Wildman–Crippen MR) is 116 cm³/mol. The van der Waals surface area contributed by atoms with Crippen LogP contribution < -0.4 is 5.56 Å². The number of H-pyrrole nitrogens is 1. The molecular weight excluding hydrogens is 402 g/mol. The number of fused-ring (bicyclic) bond motifs is 1. The zero-order valence-electron chi connectivity index (χ0n) is 18.0. The zero-order chi connectivity index (χ0) is 21.3. The maximum absolute atomic E-state index is 12.8. The van der Waals surface area contributed by atoms with E-state index in [0.29, 0.717) is 18.5 Å². The van der Waals surface area contributed by atoms with Gasteiger partial charge in [0.15, 0.2) is 0 Å². The Hall–Kier alpha value is -1.55. The van der Waals surface area contributed by atoms with Crippen LogP contribution in [0.4, 0.5) is 0 Å². The van der Waals surface area contributed by atoms with Crippen LogP contribution in [0.15, 0.2) is 16.9 Å². The van der Waals surface area contributed by atoms with Crippen molar-refractivity contribution in [1.29, 1.82) is 0 Å². The van der Waals surface area contributed by atoms with Crippen LogP contribution in [0.2, 0.25) is 0 Å². The highest BCUT2D eigenvalue weighted by atomic mass is 32.2. The molecule has 4 rings (SSSR count). The minimum atomic E-state index is -3.54. The lowest BCUT2D eigenvalue weighted by molar-refractivity contribution is 0.171. The number of allylic oxidation sites excluding steroid dienone is 2. The standard InChI is InChI=1S/C21H33N5O3S/c1-24(2)30(28,29)26-12-10-19-18(15-26)21(27)23-20(22-19)17-9-6-11-25(14-17)13-16-7-4-3-5-8-16/h3-4,16-17H,5-15H2,1-2H3,(H,22,23,27)/t16-,17+/m1/s1. The van der Waals surface area contributed by atoms with Crippen molar-refractivity contribution in [3.8, 4) is 0 Å². The van der Waals surface area contributed by atoms with Gasteiger partial charge in [0.25, 0.3) is 15.8 Å². The smallest absolute Gasteiger partial charge is 0.281 e. The molecule has 1 saturated heterocycles. The van der Waals surface area contributed by atoms with Gasteiger partial charge in [0.05, 0.1) is 11.3 Å². The summed E-state index contributed by atoms with van der Waals surface area (Å²) in [7, 11) is -0.519. The first kappa shape index (κ1) is 21.7. The molecule has 166 valence electrons. The number of hydrogen-bond acceptors (Lipinski definition) is 5. The molecule has 3 aliphatic rings. The van der Waals surface area contributed by atoms with E-state index in [1.54, 1.807) is 0 Å². The van der Waals surface area contributed by atoms with Crippen molar-refractivity contribution >= 4 is 10.2 Å². The number of aromatic nitrogens is 2. The first-order valence-electron chi connectivity index (χ1n) is 11.0. The average Bonchev–Trinajstić information content (AvgIpc) is 2.74. The summed E-state index contributed by atoms with van der Waals surface area (Å²) in [5.74, 6) is 1.74. The van der Waals surface area contributed by atoms with E-state index in [9.17, 15) is 13.2 Å². The second-order valence-corrected chi connectivity index (χ2v) is 11.1. The second-order valence-electron chi connectivity index (χ2n) is 9.00. The SMILES string of the molecule is CN(C)S(=O)(=O)N1CCc2nc([C@H]3CCCN(C[C@@H]4CC=CCC4)C3)[nH]c(=O)c2C1. The van der Waals surface area contributed by atoms with Crippen LogP contribution in [0.25, 0.3) is 0 Å². The highest BCUT2D eigenvalue weighted by Crippen LogP contribution is 2.28. The van der Waals surface area contributed by atoms with E-state index in [1.165, 1.54) is 42.0 Å². The van der Waals surface area contributed by atoms with Gasteiger partial charge in [-0.1, -0.05) is 12.2 Å². The van der Waals surface area contributed by atoms with Crippen LogP contribution in [-0.4, -0.2) is 72.2 Å². The largest absolute Gasteiger partial charge is 0.310 e. The average molecular weight is 436 g/mol. The van der Waals surface area contributed by atoms with E-state index in [-0.39, 0.29) is 18.0 Å². The van der Waals surface area contributed by atoms with E-state index < -0.39 is 10.2 Å². The van der Waals surface area contributed by atoms with E-state index in [1.807, 2.05) is 0 Å². The van der Waals surface area contributed by atoms with Crippen molar-refractivity contribution in [2.45, 2.75) is 51.0 Å². The molecule has 2 atom stereocenters. The molecule has 30 heavy (non-hydrogen) atoms. The third-order valence-electron chi connectivity index (χ3n) is 6.63. The minimum absolute atomic E-state index is 0.0877. The van der Waals surface area contributed by atoms with Crippen LogP contribution in [0.5, 0.6) is 0 Å². The molecule has 2 aliphatic heterocycles. The number of rotatable bonds is 5. The number of hydrogen-bond donors (Lipinski definition) is 1. The molecule has 3 heterocycles. The Kier molecular flexibility index (Phi) is 6.43. The molecule has 1 aromatic rings. The molecular formula is C21H33N5O3S. The second kappa shape index (κ2) is 8.90. The summed E-state index contributed by atoms with van der Waals surface area (Å²) in [6.07, 6.45) is 10.8. The Morgan fingerprint density at radius 1 is 1.23 bits per heavy atom. The topological polar surface area (TPSA) is 89.6 Å². The number of piperidine rings is 1. The molecule has 0 radical (unpaired) electrons. The summed E-state index contributed by atoms with van der Waals surface area (Å²) < 4.78 is 27.4. The van der Waals surface area contributed by atoms with Crippen molar-refractivity contribution in [2.24, 2.45) is 5.92 Å². The highest BCUT2D eigenvalue weighted by Gasteiger charge is 2.32. The molecule has 0 unspecified atom stereocenters. The van der Waals surface area contributed by atoms with E-state index in [4.69, 9.17) is 4.98 Å². The molecule has 9 heteroatoms. The van der Waals surface area contributed by atoms with Gasteiger partial charge in [-0.05, 0) is 44.6 Å². The Morgan fingerprint density at radius 3 is 2.80 bits per heavy atom. The van der Waals surface area contributed by atoms with Gasteiger partial charge < -0.3 is 9.88 Å². The maximum Gasteiger partial charge on any atom is 0.281 e. The van der Waals surface area contributed by atoms with Crippen molar-refractivity contribution in [3.05, 3.63) is 39.6 Å². The zero-order valence-corrected chi connectivity index (χ0v) is 18.8. The lowest BCUT2D eigenvalue weighted by Crippen LogP contribution is -2.45. The highest BCUT2D eigenvalue weighted by molar-refractivity contribution is 7.86. The minimum Gasteiger partial charge on any atom is -0.310 e. The molecule has 1 aliphatic carbocycles. The summed E-state index contributed by atoms with van der Waals surface area (Å²) >= 11 is 0. The van der Waals surface area contributed by atoms with Crippen LogP contribution >= 0.6 is 0 Å². The molecule has 0 spiro atoms. The third-order valence-corrected chi connectivity index (χ3v) is 8.51. The summed E-state index contributed by atoms with van der Waals surface area (Å²) in [6.45, 7) is 3.61. The monoisotopic (exact) mass is 435 g/mol. The summed E-state index contributed by atoms with van der Waals surface area (Å²) in [6, 6.07) is 0.